The minimum Gasteiger partial charge on any atom is -0.410 e. The molecule has 0 aliphatic carbocycles. The summed E-state index contributed by atoms with van der Waals surface area (Å²) < 4.78 is 6.47. The number of hydrogen-bond acceptors (Lipinski definition) is 2. The molecule has 0 bridgehead atoms. The monoisotopic (exact) mass is 401 g/mol. The molecule has 2 rings (SSSR count). The fourth-order valence-electron chi connectivity index (χ4n) is 1.67. The summed E-state index contributed by atoms with van der Waals surface area (Å²) in [6, 6.07) is 10.8. The summed E-state index contributed by atoms with van der Waals surface area (Å²) in [6.45, 7) is 3.88. The van der Waals surface area contributed by atoms with Gasteiger partial charge in [0.2, 0.25) is 0 Å². The second-order valence-corrected chi connectivity index (χ2v) is 5.99. The molecule has 0 atom stereocenters. The van der Waals surface area contributed by atoms with Crippen LogP contribution in [0.3, 0.4) is 0 Å². The van der Waals surface area contributed by atoms with E-state index >= 15 is 0 Å². The Morgan fingerprint density at radius 1 is 1.20 bits per heavy atom. The third-order valence-corrected chi connectivity index (χ3v) is 4.13. The van der Waals surface area contributed by atoms with Crippen LogP contribution < -0.4 is 10.1 Å². The maximum Gasteiger partial charge on any atom is 0.417 e. The summed E-state index contributed by atoms with van der Waals surface area (Å²) in [4.78, 5) is 11.9. The van der Waals surface area contributed by atoms with Gasteiger partial charge in [0, 0.05) is 14.3 Å². The van der Waals surface area contributed by atoms with E-state index in [2.05, 4.69) is 27.9 Å². The van der Waals surface area contributed by atoms with Crippen LogP contribution in [0.4, 0.5) is 10.5 Å². The van der Waals surface area contributed by atoms with Crippen LogP contribution >= 0.6 is 34.2 Å². The first-order chi connectivity index (χ1) is 9.45. The number of ether oxygens (including phenoxy) is 1. The van der Waals surface area contributed by atoms with E-state index in [-0.39, 0.29) is 0 Å². The first kappa shape index (κ1) is 15.1. The lowest BCUT2D eigenvalue weighted by Gasteiger charge is -2.10. The number of carbonyl (C=O) groups is 1. The fourth-order valence-corrected chi connectivity index (χ4v) is 2.49. The number of carbonyl (C=O) groups excluding carboxylic acids is 1. The average Bonchev–Trinajstić information content (AvgIpc) is 2.36. The Bertz CT molecular complexity index is 658. The fraction of sp³-hybridized carbons (Fsp3) is 0.133. The Labute approximate surface area is 136 Å². The van der Waals surface area contributed by atoms with Gasteiger partial charge >= 0.3 is 6.09 Å². The molecular weight excluding hydrogens is 389 g/mol. The Hall–Kier alpha value is -1.27. The van der Waals surface area contributed by atoms with Crippen molar-refractivity contribution in [1.82, 2.24) is 0 Å². The van der Waals surface area contributed by atoms with Crippen molar-refractivity contribution in [2.45, 2.75) is 13.8 Å². The van der Waals surface area contributed by atoms with Crippen LogP contribution in [0.2, 0.25) is 5.02 Å². The maximum absolute atomic E-state index is 11.9. The molecule has 0 unspecified atom stereocenters. The number of benzene rings is 2. The number of nitrogens with one attached hydrogen (secondary N) is 1. The largest absolute Gasteiger partial charge is 0.417 e. The average molecular weight is 402 g/mol. The summed E-state index contributed by atoms with van der Waals surface area (Å²) in [7, 11) is 0. The second kappa shape index (κ2) is 6.45. The molecule has 20 heavy (non-hydrogen) atoms. The van der Waals surface area contributed by atoms with E-state index in [0.717, 1.165) is 14.7 Å². The molecule has 0 radical (unpaired) electrons. The number of hydrogen-bond donors (Lipinski definition) is 1. The van der Waals surface area contributed by atoms with E-state index in [1.165, 1.54) is 0 Å². The number of amides is 1. The molecule has 2 aromatic carbocycles. The van der Waals surface area contributed by atoms with Gasteiger partial charge in [0.1, 0.15) is 5.75 Å². The molecule has 5 heteroatoms. The highest BCUT2D eigenvalue weighted by Gasteiger charge is 2.09. The maximum atomic E-state index is 11.9. The van der Waals surface area contributed by atoms with Gasteiger partial charge in [0.15, 0.2) is 0 Å². The zero-order valence-corrected chi connectivity index (χ0v) is 13.9. The Kier molecular flexibility index (Phi) is 4.88. The van der Waals surface area contributed by atoms with Crippen molar-refractivity contribution in [2.75, 3.05) is 5.32 Å². The van der Waals surface area contributed by atoms with Gasteiger partial charge in [-0.25, -0.2) is 4.79 Å². The molecule has 0 aliphatic rings. The standard InChI is InChI=1S/C15H13ClINO2/c1-9-7-14(10(2)6-13(9)17)20-15(19)18-12-5-3-4-11(16)8-12/h3-8H,1-2H3,(H,18,19). The van der Waals surface area contributed by atoms with E-state index in [1.807, 2.05) is 26.0 Å². The lowest BCUT2D eigenvalue weighted by molar-refractivity contribution is 0.215. The second-order valence-electron chi connectivity index (χ2n) is 4.39. The molecule has 2 aromatic rings. The van der Waals surface area contributed by atoms with Crippen LogP contribution in [0.1, 0.15) is 11.1 Å². The highest BCUT2D eigenvalue weighted by Crippen LogP contribution is 2.24. The Morgan fingerprint density at radius 3 is 2.65 bits per heavy atom. The van der Waals surface area contributed by atoms with Crippen LogP contribution in [0.25, 0.3) is 0 Å². The van der Waals surface area contributed by atoms with Gasteiger partial charge in [-0.1, -0.05) is 17.7 Å². The number of halogens is 2. The molecule has 0 saturated carbocycles. The van der Waals surface area contributed by atoms with Crippen LogP contribution in [-0.2, 0) is 0 Å². The molecule has 0 spiro atoms. The van der Waals surface area contributed by atoms with Crippen molar-refractivity contribution in [2.24, 2.45) is 0 Å². The molecule has 1 N–H and O–H groups in total. The molecule has 1 amide bonds. The smallest absolute Gasteiger partial charge is 0.410 e. The van der Waals surface area contributed by atoms with Crippen molar-refractivity contribution < 1.29 is 9.53 Å². The van der Waals surface area contributed by atoms with Crippen molar-refractivity contribution in [3.05, 3.63) is 56.1 Å². The highest BCUT2D eigenvalue weighted by atomic mass is 127. The van der Waals surface area contributed by atoms with Gasteiger partial charge < -0.3 is 4.74 Å². The van der Waals surface area contributed by atoms with Gasteiger partial charge in [0.25, 0.3) is 0 Å². The van der Waals surface area contributed by atoms with Crippen molar-refractivity contribution in [3.8, 4) is 5.75 Å². The van der Waals surface area contributed by atoms with E-state index < -0.39 is 6.09 Å². The third-order valence-electron chi connectivity index (χ3n) is 2.73. The van der Waals surface area contributed by atoms with E-state index in [1.54, 1.807) is 24.3 Å². The predicted molar refractivity (Wildman–Crippen MR) is 89.7 cm³/mol. The Morgan fingerprint density at radius 2 is 1.95 bits per heavy atom. The summed E-state index contributed by atoms with van der Waals surface area (Å²) >= 11 is 8.11. The topological polar surface area (TPSA) is 38.3 Å². The van der Waals surface area contributed by atoms with Gasteiger partial charge in [-0.15, -0.1) is 0 Å². The third kappa shape index (κ3) is 3.86. The highest BCUT2D eigenvalue weighted by molar-refractivity contribution is 14.1. The van der Waals surface area contributed by atoms with Gasteiger partial charge in [-0.2, -0.15) is 0 Å². The zero-order chi connectivity index (χ0) is 14.7. The van der Waals surface area contributed by atoms with E-state index in [9.17, 15) is 4.79 Å². The van der Waals surface area contributed by atoms with Crippen LogP contribution in [0.5, 0.6) is 5.75 Å². The van der Waals surface area contributed by atoms with Crippen LogP contribution in [0, 0.1) is 17.4 Å². The van der Waals surface area contributed by atoms with E-state index in [0.29, 0.717) is 16.5 Å². The molecule has 0 saturated heterocycles. The first-order valence-corrected chi connectivity index (χ1v) is 7.42. The Balaban J connectivity index is 2.10. The quantitative estimate of drug-likeness (QED) is 0.705. The van der Waals surface area contributed by atoms with Gasteiger partial charge in [-0.05, 0) is 77.9 Å². The van der Waals surface area contributed by atoms with Gasteiger partial charge in [-0.3, -0.25) is 5.32 Å². The molecule has 0 aliphatic heterocycles. The summed E-state index contributed by atoms with van der Waals surface area (Å²) in [5.74, 6) is 0.558. The van der Waals surface area contributed by atoms with Crippen molar-refractivity contribution in [3.63, 3.8) is 0 Å². The predicted octanol–water partition coefficient (Wildman–Crippen LogP) is 5.17. The molecule has 0 fully saturated rings. The summed E-state index contributed by atoms with van der Waals surface area (Å²) in [5.41, 5.74) is 2.59. The number of anilines is 1. The lowest BCUT2D eigenvalue weighted by atomic mass is 10.1. The minimum absolute atomic E-state index is 0.532. The molecule has 0 heterocycles. The SMILES string of the molecule is Cc1cc(OC(=O)Nc2cccc(Cl)c2)c(C)cc1I. The van der Waals surface area contributed by atoms with Gasteiger partial charge in [0.05, 0.1) is 0 Å². The zero-order valence-electron chi connectivity index (χ0n) is 11.0. The van der Waals surface area contributed by atoms with Crippen LogP contribution in [0.15, 0.2) is 36.4 Å². The van der Waals surface area contributed by atoms with Crippen molar-refractivity contribution >= 4 is 46.0 Å². The number of rotatable bonds is 2. The molecule has 0 aromatic heterocycles. The minimum atomic E-state index is -0.532. The summed E-state index contributed by atoms with van der Waals surface area (Å²) in [6.07, 6.45) is -0.532. The summed E-state index contributed by atoms with van der Waals surface area (Å²) in [5, 5.41) is 3.20. The first-order valence-electron chi connectivity index (χ1n) is 5.97. The lowest BCUT2D eigenvalue weighted by Crippen LogP contribution is -2.17. The van der Waals surface area contributed by atoms with E-state index in [4.69, 9.17) is 16.3 Å². The molecular formula is C15H13ClINO2. The van der Waals surface area contributed by atoms with Crippen molar-refractivity contribution in [1.29, 1.82) is 0 Å². The molecule has 3 nitrogen and oxygen atoms in total. The number of aryl methyl sites for hydroxylation is 2. The van der Waals surface area contributed by atoms with Crippen LogP contribution in [-0.4, -0.2) is 6.09 Å². The molecule has 104 valence electrons. The normalized spacial score (nSPS) is 10.2.